The number of aromatic nitrogens is 4. The van der Waals surface area contributed by atoms with E-state index in [1.54, 1.807) is 0 Å². The van der Waals surface area contributed by atoms with Gasteiger partial charge in [-0.2, -0.15) is 0 Å². The molecule has 5 heteroatoms. The van der Waals surface area contributed by atoms with Crippen molar-refractivity contribution in [3.05, 3.63) is 83.4 Å². The minimum Gasteiger partial charge on any atom is -0.275 e. The van der Waals surface area contributed by atoms with Crippen LogP contribution in [0.3, 0.4) is 0 Å². The van der Waals surface area contributed by atoms with Crippen molar-refractivity contribution >= 4 is 33.9 Å². The number of fused-ring (bicyclic) bond motifs is 2. The quantitative estimate of drug-likeness (QED) is 0.391. The third-order valence-corrected chi connectivity index (χ3v) is 5.10. The number of halogens is 1. The molecule has 5 aromatic rings. The topological polar surface area (TPSA) is 43.6 Å². The van der Waals surface area contributed by atoms with E-state index in [1.807, 2.05) is 48.5 Å². The van der Waals surface area contributed by atoms with Gasteiger partial charge >= 0.3 is 0 Å². The van der Waals surface area contributed by atoms with Crippen LogP contribution in [0.1, 0.15) is 12.5 Å². The highest BCUT2D eigenvalue weighted by atomic mass is 35.5. The second-order valence-electron chi connectivity index (χ2n) is 6.66. The van der Waals surface area contributed by atoms with Gasteiger partial charge in [0.05, 0.1) is 11.0 Å². The van der Waals surface area contributed by atoms with Gasteiger partial charge in [0.1, 0.15) is 5.82 Å². The maximum absolute atomic E-state index is 6.09. The molecule has 0 fully saturated rings. The highest BCUT2D eigenvalue weighted by Gasteiger charge is 2.17. The molecule has 0 aliphatic carbocycles. The summed E-state index contributed by atoms with van der Waals surface area (Å²) in [6.45, 7) is 2.15. The fourth-order valence-corrected chi connectivity index (χ4v) is 3.54. The summed E-state index contributed by atoms with van der Waals surface area (Å²) in [6, 6.07) is 24.0. The second kappa shape index (κ2) is 6.73. The average Bonchev–Trinajstić information content (AvgIpc) is 3.10. The van der Waals surface area contributed by atoms with Crippen LogP contribution < -0.4 is 0 Å². The number of aryl methyl sites for hydroxylation is 1. The van der Waals surface area contributed by atoms with Gasteiger partial charge in [-0.3, -0.25) is 4.57 Å². The molecule has 5 rings (SSSR count). The Morgan fingerprint density at radius 2 is 1.57 bits per heavy atom. The van der Waals surface area contributed by atoms with Crippen LogP contribution in [0.2, 0.25) is 5.02 Å². The summed E-state index contributed by atoms with van der Waals surface area (Å²) < 4.78 is 2.08. The van der Waals surface area contributed by atoms with Crippen LogP contribution in [0.25, 0.3) is 39.4 Å². The van der Waals surface area contributed by atoms with Gasteiger partial charge in [-0.25, -0.2) is 15.0 Å². The Morgan fingerprint density at radius 3 is 2.32 bits per heavy atom. The molecule has 0 bridgehead atoms. The molecule has 0 saturated carbocycles. The molecule has 136 valence electrons. The van der Waals surface area contributed by atoms with Gasteiger partial charge in [0, 0.05) is 16.3 Å². The third kappa shape index (κ3) is 2.83. The zero-order valence-electron chi connectivity index (χ0n) is 15.3. The van der Waals surface area contributed by atoms with Crippen molar-refractivity contribution in [1.82, 2.24) is 19.5 Å². The molecule has 0 atom stereocenters. The molecule has 2 aromatic heterocycles. The molecule has 0 saturated heterocycles. The summed E-state index contributed by atoms with van der Waals surface area (Å²) in [4.78, 5) is 14.5. The lowest BCUT2D eigenvalue weighted by Gasteiger charge is -2.10. The Balaban J connectivity index is 1.86. The van der Waals surface area contributed by atoms with Gasteiger partial charge in [0.15, 0.2) is 11.3 Å². The van der Waals surface area contributed by atoms with Crippen molar-refractivity contribution in [2.75, 3.05) is 0 Å². The van der Waals surface area contributed by atoms with Gasteiger partial charge < -0.3 is 0 Å². The van der Waals surface area contributed by atoms with Crippen molar-refractivity contribution in [1.29, 1.82) is 0 Å². The molecule has 0 unspecified atom stereocenters. The summed E-state index contributed by atoms with van der Waals surface area (Å²) in [6.07, 6.45) is 0.964. The van der Waals surface area contributed by atoms with Crippen LogP contribution in [0.15, 0.2) is 72.8 Å². The Hall–Kier alpha value is -3.24. The summed E-state index contributed by atoms with van der Waals surface area (Å²) in [7, 11) is 0. The maximum atomic E-state index is 6.09. The van der Waals surface area contributed by atoms with Gasteiger partial charge in [0.25, 0.3) is 0 Å². The highest BCUT2D eigenvalue weighted by Crippen LogP contribution is 2.29. The molecule has 0 aliphatic rings. The largest absolute Gasteiger partial charge is 0.275 e. The van der Waals surface area contributed by atoms with Crippen LogP contribution in [0, 0.1) is 0 Å². The molecule has 0 N–H and O–H groups in total. The number of rotatable bonds is 3. The smallest absolute Gasteiger partial charge is 0.199 e. The summed E-state index contributed by atoms with van der Waals surface area (Å²) in [5.41, 5.74) is 6.32. The Labute approximate surface area is 167 Å². The molecular weight excluding hydrogens is 368 g/mol. The first-order valence-electron chi connectivity index (χ1n) is 9.23. The van der Waals surface area contributed by atoms with Crippen LogP contribution >= 0.6 is 11.6 Å². The predicted molar refractivity (Wildman–Crippen MR) is 114 cm³/mol. The number of nitrogens with zero attached hydrogens (tertiary/aromatic N) is 4. The minimum atomic E-state index is 0.630. The van der Waals surface area contributed by atoms with Crippen LogP contribution in [-0.2, 0) is 6.42 Å². The fraction of sp³-hybridized carbons (Fsp3) is 0.0870. The summed E-state index contributed by atoms with van der Waals surface area (Å²) in [5, 5.41) is 0.696. The standard InChI is InChI=1S/C23H17ClN4/c1-2-15-6-5-7-18(14-15)28-22(16-10-12-17(24)13-11-16)27-21-23(28)26-20-9-4-3-8-19(20)25-21/h3-14H,2H2,1H3. The van der Waals surface area contributed by atoms with E-state index in [1.165, 1.54) is 5.56 Å². The fourth-order valence-electron chi connectivity index (χ4n) is 3.41. The highest BCUT2D eigenvalue weighted by molar-refractivity contribution is 6.30. The predicted octanol–water partition coefficient (Wildman–Crippen LogP) is 5.85. The molecule has 3 aromatic carbocycles. The zero-order valence-corrected chi connectivity index (χ0v) is 16.1. The normalized spacial score (nSPS) is 11.4. The van der Waals surface area contributed by atoms with Gasteiger partial charge in [0.2, 0.25) is 0 Å². The van der Waals surface area contributed by atoms with E-state index in [-0.39, 0.29) is 0 Å². The number of para-hydroxylation sites is 2. The van der Waals surface area contributed by atoms with E-state index in [0.29, 0.717) is 10.7 Å². The maximum Gasteiger partial charge on any atom is 0.199 e. The third-order valence-electron chi connectivity index (χ3n) is 4.85. The average molecular weight is 385 g/mol. The second-order valence-corrected chi connectivity index (χ2v) is 7.10. The summed E-state index contributed by atoms with van der Waals surface area (Å²) >= 11 is 6.09. The number of hydrogen-bond acceptors (Lipinski definition) is 3. The molecule has 0 spiro atoms. The first kappa shape index (κ1) is 16.9. The molecule has 0 amide bonds. The lowest BCUT2D eigenvalue weighted by Crippen LogP contribution is -2.00. The SMILES string of the molecule is CCc1cccc(-n2c(-c3ccc(Cl)cc3)nc3nc4ccccc4nc32)c1. The van der Waals surface area contributed by atoms with E-state index >= 15 is 0 Å². The van der Waals surface area contributed by atoms with E-state index in [0.717, 1.165) is 40.2 Å². The van der Waals surface area contributed by atoms with Crippen molar-refractivity contribution < 1.29 is 0 Å². The summed E-state index contributed by atoms with van der Waals surface area (Å²) in [5.74, 6) is 0.801. The first-order valence-corrected chi connectivity index (χ1v) is 9.61. The Kier molecular flexibility index (Phi) is 4.06. The van der Waals surface area contributed by atoms with Gasteiger partial charge in [-0.15, -0.1) is 0 Å². The lowest BCUT2D eigenvalue weighted by atomic mass is 10.1. The van der Waals surface area contributed by atoms with Crippen molar-refractivity contribution in [3.8, 4) is 17.1 Å². The lowest BCUT2D eigenvalue weighted by molar-refractivity contribution is 1.06. The first-order chi connectivity index (χ1) is 13.7. The van der Waals surface area contributed by atoms with Crippen LogP contribution in [0.5, 0.6) is 0 Å². The minimum absolute atomic E-state index is 0.630. The molecule has 28 heavy (non-hydrogen) atoms. The molecule has 4 nitrogen and oxygen atoms in total. The van der Waals surface area contributed by atoms with Crippen molar-refractivity contribution in [3.63, 3.8) is 0 Å². The number of hydrogen-bond donors (Lipinski definition) is 0. The van der Waals surface area contributed by atoms with Gasteiger partial charge in [-0.05, 0) is 60.5 Å². The van der Waals surface area contributed by atoms with Crippen LogP contribution in [0.4, 0.5) is 0 Å². The van der Waals surface area contributed by atoms with E-state index in [4.69, 9.17) is 26.6 Å². The van der Waals surface area contributed by atoms with E-state index < -0.39 is 0 Å². The molecule has 0 aliphatic heterocycles. The Bertz CT molecular complexity index is 1310. The van der Waals surface area contributed by atoms with Gasteiger partial charge in [-0.1, -0.05) is 42.8 Å². The molecule has 0 radical (unpaired) electrons. The molecular formula is C23H17ClN4. The van der Waals surface area contributed by atoms with Crippen LogP contribution in [-0.4, -0.2) is 19.5 Å². The van der Waals surface area contributed by atoms with Crippen molar-refractivity contribution in [2.24, 2.45) is 0 Å². The van der Waals surface area contributed by atoms with Crippen molar-refractivity contribution in [2.45, 2.75) is 13.3 Å². The Morgan fingerprint density at radius 1 is 0.821 bits per heavy atom. The number of benzene rings is 3. The molecule has 2 heterocycles. The van der Waals surface area contributed by atoms with E-state index in [2.05, 4.69) is 35.8 Å². The number of imidazole rings is 1. The zero-order chi connectivity index (χ0) is 19.1. The monoisotopic (exact) mass is 384 g/mol. The van der Waals surface area contributed by atoms with E-state index in [9.17, 15) is 0 Å².